The number of benzene rings is 1. The Kier molecular flexibility index (Phi) is 5.42. The number of hydrogen-bond acceptors (Lipinski definition) is 4. The van der Waals surface area contributed by atoms with Crippen molar-refractivity contribution in [2.45, 2.75) is 50.5 Å². The summed E-state index contributed by atoms with van der Waals surface area (Å²) in [6.45, 7) is 4.63. The van der Waals surface area contributed by atoms with Gasteiger partial charge in [0, 0.05) is 38.1 Å². The topological polar surface area (TPSA) is 56.9 Å². The van der Waals surface area contributed by atoms with Crippen LogP contribution in [0.1, 0.15) is 61.1 Å². The van der Waals surface area contributed by atoms with Gasteiger partial charge in [0.2, 0.25) is 0 Å². The van der Waals surface area contributed by atoms with E-state index in [1.54, 1.807) is 0 Å². The minimum Gasteiger partial charge on any atom is -0.451 e. The molecule has 1 N–H and O–H groups in total. The molecule has 2 fully saturated rings. The smallest absolute Gasteiger partial charge is 0.289 e. The number of piperidine rings is 1. The quantitative estimate of drug-likeness (QED) is 0.766. The van der Waals surface area contributed by atoms with Crippen LogP contribution in [0.25, 0.3) is 11.0 Å². The predicted molar refractivity (Wildman–Crippen MR) is 117 cm³/mol. The van der Waals surface area contributed by atoms with E-state index in [-0.39, 0.29) is 5.91 Å². The highest BCUT2D eigenvalue weighted by Gasteiger charge is 2.35. The summed E-state index contributed by atoms with van der Waals surface area (Å²) in [7, 11) is 0. The highest BCUT2D eigenvalue weighted by Crippen LogP contribution is 2.36. The van der Waals surface area contributed by atoms with E-state index >= 15 is 0 Å². The van der Waals surface area contributed by atoms with E-state index in [2.05, 4.69) is 17.1 Å². The maximum absolute atomic E-state index is 12.6. The first-order valence-electron chi connectivity index (χ1n) is 11.5. The SMILES string of the molecule is O=C(c1cc2cc(C3(O)CCN(CC4CC=CCC4)CC3)ccc2o1)N1CCCC1. The van der Waals surface area contributed by atoms with Gasteiger partial charge in [-0.1, -0.05) is 18.2 Å². The molecule has 1 atom stereocenters. The molecule has 0 saturated carbocycles. The number of allylic oxidation sites excluding steroid dienone is 2. The molecular formula is C25H32N2O3. The fourth-order valence-electron chi connectivity index (χ4n) is 5.30. The van der Waals surface area contributed by atoms with Gasteiger partial charge >= 0.3 is 0 Å². The van der Waals surface area contributed by atoms with Crippen molar-refractivity contribution in [2.75, 3.05) is 32.7 Å². The predicted octanol–water partition coefficient (Wildman–Crippen LogP) is 4.31. The van der Waals surface area contributed by atoms with Crippen molar-refractivity contribution in [3.8, 4) is 0 Å². The van der Waals surface area contributed by atoms with Gasteiger partial charge in [0.1, 0.15) is 5.58 Å². The Bertz CT molecular complexity index is 933. The molecule has 1 unspecified atom stereocenters. The normalized spacial score (nSPS) is 24.6. The van der Waals surface area contributed by atoms with E-state index in [0.717, 1.165) is 75.3 Å². The third-order valence-corrected chi connectivity index (χ3v) is 7.23. The summed E-state index contributed by atoms with van der Waals surface area (Å²) in [5, 5.41) is 12.3. The fourth-order valence-corrected chi connectivity index (χ4v) is 5.30. The molecule has 160 valence electrons. The van der Waals surface area contributed by atoms with E-state index in [1.807, 2.05) is 29.2 Å². The van der Waals surface area contributed by atoms with Gasteiger partial charge in [0.15, 0.2) is 5.76 Å². The molecule has 5 nitrogen and oxygen atoms in total. The summed E-state index contributed by atoms with van der Waals surface area (Å²) in [6, 6.07) is 7.73. The largest absolute Gasteiger partial charge is 0.451 e. The average molecular weight is 409 g/mol. The Balaban J connectivity index is 1.27. The van der Waals surface area contributed by atoms with Gasteiger partial charge in [-0.25, -0.2) is 0 Å². The van der Waals surface area contributed by atoms with Crippen LogP contribution in [0.2, 0.25) is 0 Å². The van der Waals surface area contributed by atoms with Crippen LogP contribution in [-0.2, 0) is 5.60 Å². The number of hydrogen-bond donors (Lipinski definition) is 1. The third kappa shape index (κ3) is 3.93. The average Bonchev–Trinajstić information content (AvgIpc) is 3.45. The van der Waals surface area contributed by atoms with Crippen LogP contribution in [-0.4, -0.2) is 53.5 Å². The number of nitrogens with zero attached hydrogens (tertiary/aromatic N) is 2. The van der Waals surface area contributed by atoms with Crippen LogP contribution < -0.4 is 0 Å². The van der Waals surface area contributed by atoms with Crippen LogP contribution in [0.15, 0.2) is 40.8 Å². The molecule has 1 aromatic heterocycles. The standard InChI is InChI=1S/C25H32N2O3/c28-24(27-12-4-5-13-27)23-17-20-16-21(8-9-22(20)30-23)25(29)10-14-26(15-11-25)18-19-6-2-1-3-7-19/h1-2,8-9,16-17,19,29H,3-7,10-15,18H2. The maximum Gasteiger partial charge on any atom is 0.289 e. The lowest BCUT2D eigenvalue weighted by Gasteiger charge is -2.40. The van der Waals surface area contributed by atoms with Gasteiger partial charge in [-0.05, 0) is 74.6 Å². The number of likely N-dealkylation sites (tertiary alicyclic amines) is 2. The fraction of sp³-hybridized carbons (Fsp3) is 0.560. The van der Waals surface area contributed by atoms with Crippen LogP contribution in [0.5, 0.6) is 0 Å². The summed E-state index contributed by atoms with van der Waals surface area (Å²) in [6.07, 6.45) is 11.9. The molecule has 5 rings (SSSR count). The number of carbonyl (C=O) groups excluding carboxylic acids is 1. The van der Waals surface area contributed by atoms with Crippen LogP contribution in [0.3, 0.4) is 0 Å². The van der Waals surface area contributed by atoms with E-state index in [1.165, 1.54) is 19.3 Å². The summed E-state index contributed by atoms with van der Waals surface area (Å²) in [4.78, 5) is 17.0. The van der Waals surface area contributed by atoms with Gasteiger partial charge in [-0.3, -0.25) is 4.79 Å². The van der Waals surface area contributed by atoms with Crippen LogP contribution in [0, 0.1) is 5.92 Å². The lowest BCUT2D eigenvalue weighted by molar-refractivity contribution is -0.0289. The van der Waals surface area contributed by atoms with Crippen molar-refractivity contribution >= 4 is 16.9 Å². The molecule has 2 aliphatic heterocycles. The van der Waals surface area contributed by atoms with Crippen molar-refractivity contribution in [3.05, 3.63) is 47.7 Å². The molecule has 3 heterocycles. The number of fused-ring (bicyclic) bond motifs is 1. The molecule has 2 saturated heterocycles. The molecule has 1 amide bonds. The first-order chi connectivity index (χ1) is 14.6. The van der Waals surface area contributed by atoms with E-state index < -0.39 is 5.60 Å². The monoisotopic (exact) mass is 408 g/mol. The molecule has 0 spiro atoms. The lowest BCUT2D eigenvalue weighted by Crippen LogP contribution is -2.44. The van der Waals surface area contributed by atoms with Gasteiger partial charge < -0.3 is 19.3 Å². The van der Waals surface area contributed by atoms with Gasteiger partial charge in [-0.2, -0.15) is 0 Å². The first kappa shape index (κ1) is 19.8. The number of amides is 1. The zero-order chi connectivity index (χ0) is 20.6. The van der Waals surface area contributed by atoms with E-state index in [0.29, 0.717) is 11.3 Å². The van der Waals surface area contributed by atoms with Gasteiger partial charge in [0.05, 0.1) is 5.60 Å². The molecule has 3 aliphatic rings. The molecule has 2 aromatic rings. The Labute approximate surface area is 178 Å². The second kappa shape index (κ2) is 8.20. The maximum atomic E-state index is 12.6. The Morgan fingerprint density at radius 1 is 1.10 bits per heavy atom. The lowest BCUT2D eigenvalue weighted by atomic mass is 9.83. The molecular weight excluding hydrogens is 376 g/mol. The van der Waals surface area contributed by atoms with Gasteiger partial charge in [-0.15, -0.1) is 0 Å². The Morgan fingerprint density at radius 2 is 1.90 bits per heavy atom. The summed E-state index contributed by atoms with van der Waals surface area (Å²) >= 11 is 0. The third-order valence-electron chi connectivity index (χ3n) is 7.23. The molecule has 0 radical (unpaired) electrons. The summed E-state index contributed by atoms with van der Waals surface area (Å²) < 4.78 is 5.83. The zero-order valence-electron chi connectivity index (χ0n) is 17.7. The highest BCUT2D eigenvalue weighted by molar-refractivity contribution is 5.96. The Hall–Kier alpha value is -2.11. The number of rotatable bonds is 4. The van der Waals surface area contributed by atoms with Gasteiger partial charge in [0.25, 0.3) is 5.91 Å². The van der Waals surface area contributed by atoms with Crippen molar-refractivity contribution in [1.29, 1.82) is 0 Å². The number of furan rings is 1. The molecule has 1 aliphatic carbocycles. The molecule has 5 heteroatoms. The van der Waals surface area contributed by atoms with E-state index in [9.17, 15) is 9.90 Å². The number of aliphatic hydroxyl groups is 1. The first-order valence-corrected chi connectivity index (χ1v) is 11.5. The second-order valence-corrected chi connectivity index (χ2v) is 9.35. The van der Waals surface area contributed by atoms with Crippen LogP contribution in [0.4, 0.5) is 0 Å². The summed E-state index contributed by atoms with van der Waals surface area (Å²) in [5.41, 5.74) is 0.858. The minimum absolute atomic E-state index is 0.0187. The zero-order valence-corrected chi connectivity index (χ0v) is 17.7. The molecule has 0 bridgehead atoms. The second-order valence-electron chi connectivity index (χ2n) is 9.35. The van der Waals surface area contributed by atoms with Crippen molar-refractivity contribution in [1.82, 2.24) is 9.80 Å². The molecule has 30 heavy (non-hydrogen) atoms. The van der Waals surface area contributed by atoms with Crippen LogP contribution >= 0.6 is 0 Å². The summed E-state index contributed by atoms with van der Waals surface area (Å²) in [5.74, 6) is 1.15. The van der Waals surface area contributed by atoms with Crippen molar-refractivity contribution in [3.63, 3.8) is 0 Å². The van der Waals surface area contributed by atoms with Crippen molar-refractivity contribution < 1.29 is 14.3 Å². The van der Waals surface area contributed by atoms with E-state index in [4.69, 9.17) is 4.42 Å². The number of carbonyl (C=O) groups is 1. The highest BCUT2D eigenvalue weighted by atomic mass is 16.3. The van der Waals surface area contributed by atoms with Crippen molar-refractivity contribution in [2.24, 2.45) is 5.92 Å². The molecule has 1 aromatic carbocycles. The Morgan fingerprint density at radius 3 is 2.63 bits per heavy atom. The minimum atomic E-state index is -0.798.